The van der Waals surface area contributed by atoms with E-state index in [1.165, 1.54) is 0 Å². The number of likely N-dealkylation sites (tertiary alicyclic amines) is 1. The van der Waals surface area contributed by atoms with Gasteiger partial charge in [-0.25, -0.2) is 4.79 Å². The first kappa shape index (κ1) is 17.3. The molecule has 3 rings (SSSR count). The summed E-state index contributed by atoms with van der Waals surface area (Å²) in [6, 6.07) is 17.7. The molecule has 0 saturated carbocycles. The number of carbonyl (C=O) groups excluding carboxylic acids is 1. The molecule has 25 heavy (non-hydrogen) atoms. The zero-order valence-electron chi connectivity index (χ0n) is 14.1. The van der Waals surface area contributed by atoms with E-state index >= 15 is 0 Å². The standard InChI is InChI=1S/C20H20ClN3O/c1-15-6-5-9-17(21)18(15)23-19(25)24-12-10-20(14-22,11-13-24)16-7-3-2-4-8-16/h2-9H,10-13H2,1H3,(H,23,25). The minimum Gasteiger partial charge on any atom is -0.324 e. The van der Waals surface area contributed by atoms with E-state index in [9.17, 15) is 10.1 Å². The molecule has 0 unspecified atom stereocenters. The molecule has 1 fully saturated rings. The molecule has 0 aliphatic carbocycles. The van der Waals surface area contributed by atoms with Gasteiger partial charge in [0.1, 0.15) is 0 Å². The monoisotopic (exact) mass is 353 g/mol. The third kappa shape index (κ3) is 3.47. The largest absolute Gasteiger partial charge is 0.324 e. The van der Waals surface area contributed by atoms with E-state index < -0.39 is 5.41 Å². The Balaban J connectivity index is 1.70. The van der Waals surface area contributed by atoms with Crippen molar-refractivity contribution >= 4 is 23.3 Å². The second-order valence-corrected chi connectivity index (χ2v) is 6.82. The van der Waals surface area contributed by atoms with E-state index in [1.54, 1.807) is 11.0 Å². The third-order valence-corrected chi connectivity index (χ3v) is 5.21. The van der Waals surface area contributed by atoms with E-state index in [2.05, 4.69) is 11.4 Å². The van der Waals surface area contributed by atoms with Crippen molar-refractivity contribution in [1.29, 1.82) is 5.26 Å². The lowest BCUT2D eigenvalue weighted by atomic mass is 9.74. The first-order valence-electron chi connectivity index (χ1n) is 8.33. The van der Waals surface area contributed by atoms with Crippen LogP contribution in [0.1, 0.15) is 24.0 Å². The highest BCUT2D eigenvalue weighted by atomic mass is 35.5. The van der Waals surface area contributed by atoms with Crippen molar-refractivity contribution in [3.05, 3.63) is 64.7 Å². The van der Waals surface area contributed by atoms with Crippen LogP contribution in [0.15, 0.2) is 48.5 Å². The van der Waals surface area contributed by atoms with Gasteiger partial charge in [-0.2, -0.15) is 5.26 Å². The lowest BCUT2D eigenvalue weighted by molar-refractivity contribution is 0.183. The number of nitrogens with zero attached hydrogens (tertiary/aromatic N) is 2. The van der Waals surface area contributed by atoms with Crippen molar-refractivity contribution < 1.29 is 4.79 Å². The SMILES string of the molecule is Cc1cccc(Cl)c1NC(=O)N1CCC(C#N)(c2ccccc2)CC1. The highest BCUT2D eigenvalue weighted by molar-refractivity contribution is 6.33. The second-order valence-electron chi connectivity index (χ2n) is 6.41. The van der Waals surface area contributed by atoms with Crippen LogP contribution in [0.25, 0.3) is 0 Å². The Hall–Kier alpha value is -2.51. The van der Waals surface area contributed by atoms with E-state index in [4.69, 9.17) is 11.6 Å². The molecule has 1 aliphatic heterocycles. The van der Waals surface area contributed by atoms with Crippen LogP contribution in [0.4, 0.5) is 10.5 Å². The number of rotatable bonds is 2. The van der Waals surface area contributed by atoms with Crippen LogP contribution in [-0.4, -0.2) is 24.0 Å². The van der Waals surface area contributed by atoms with E-state index in [0.717, 1.165) is 11.1 Å². The zero-order valence-corrected chi connectivity index (χ0v) is 14.9. The summed E-state index contributed by atoms with van der Waals surface area (Å²) >= 11 is 6.18. The van der Waals surface area contributed by atoms with Gasteiger partial charge in [0.25, 0.3) is 0 Å². The number of benzene rings is 2. The van der Waals surface area contributed by atoms with Gasteiger partial charge >= 0.3 is 6.03 Å². The van der Waals surface area contributed by atoms with Crippen LogP contribution in [0, 0.1) is 18.3 Å². The number of para-hydroxylation sites is 1. The van der Waals surface area contributed by atoms with E-state index in [-0.39, 0.29) is 6.03 Å². The Labute approximate surface area is 153 Å². The highest BCUT2D eigenvalue weighted by Crippen LogP contribution is 2.35. The minimum atomic E-state index is -0.516. The summed E-state index contributed by atoms with van der Waals surface area (Å²) in [5.74, 6) is 0. The quantitative estimate of drug-likeness (QED) is 0.847. The summed E-state index contributed by atoms with van der Waals surface area (Å²) in [5, 5.41) is 13.2. The topological polar surface area (TPSA) is 56.1 Å². The lowest BCUT2D eigenvalue weighted by Crippen LogP contribution is -2.46. The van der Waals surface area contributed by atoms with Crippen LogP contribution in [-0.2, 0) is 5.41 Å². The van der Waals surface area contributed by atoms with Gasteiger partial charge in [-0.05, 0) is 37.0 Å². The average Bonchev–Trinajstić information content (AvgIpc) is 2.65. The van der Waals surface area contributed by atoms with Crippen LogP contribution in [0.5, 0.6) is 0 Å². The molecule has 1 heterocycles. The summed E-state index contributed by atoms with van der Waals surface area (Å²) < 4.78 is 0. The van der Waals surface area contributed by atoms with Gasteiger partial charge in [0.05, 0.1) is 22.2 Å². The van der Waals surface area contributed by atoms with E-state index in [1.807, 2.05) is 49.4 Å². The fraction of sp³-hybridized carbons (Fsp3) is 0.300. The molecule has 1 N–H and O–H groups in total. The number of aryl methyl sites for hydroxylation is 1. The van der Waals surface area contributed by atoms with Crippen molar-refractivity contribution in [2.75, 3.05) is 18.4 Å². The maximum atomic E-state index is 12.6. The fourth-order valence-electron chi connectivity index (χ4n) is 3.29. The molecule has 1 saturated heterocycles. The number of nitriles is 1. The van der Waals surface area contributed by atoms with Gasteiger partial charge < -0.3 is 10.2 Å². The molecular formula is C20H20ClN3O. The van der Waals surface area contributed by atoms with Gasteiger partial charge in [0.2, 0.25) is 0 Å². The first-order chi connectivity index (χ1) is 12.1. The average molecular weight is 354 g/mol. The molecule has 2 amide bonds. The predicted octanol–water partition coefficient (Wildman–Crippen LogP) is 4.74. The van der Waals surface area contributed by atoms with Gasteiger partial charge in [0.15, 0.2) is 0 Å². The van der Waals surface area contributed by atoms with Crippen molar-refractivity contribution in [3.8, 4) is 6.07 Å². The number of amides is 2. The smallest absolute Gasteiger partial charge is 0.321 e. The van der Waals surface area contributed by atoms with Crippen molar-refractivity contribution in [3.63, 3.8) is 0 Å². The Morgan fingerprint density at radius 2 is 1.84 bits per heavy atom. The van der Waals surface area contributed by atoms with E-state index in [0.29, 0.717) is 36.6 Å². The molecule has 2 aromatic carbocycles. The number of anilines is 1. The van der Waals surface area contributed by atoms with Gasteiger partial charge in [-0.15, -0.1) is 0 Å². The van der Waals surface area contributed by atoms with Gasteiger partial charge in [0, 0.05) is 13.1 Å². The zero-order chi connectivity index (χ0) is 17.9. The first-order valence-corrected chi connectivity index (χ1v) is 8.71. The molecular weight excluding hydrogens is 334 g/mol. The summed E-state index contributed by atoms with van der Waals surface area (Å²) in [5.41, 5.74) is 2.08. The molecule has 0 spiro atoms. The maximum Gasteiger partial charge on any atom is 0.321 e. The maximum absolute atomic E-state index is 12.6. The van der Waals surface area contributed by atoms with Crippen molar-refractivity contribution in [2.24, 2.45) is 0 Å². The number of halogens is 1. The molecule has 0 atom stereocenters. The predicted molar refractivity (Wildman–Crippen MR) is 99.7 cm³/mol. The van der Waals surface area contributed by atoms with Crippen LogP contribution >= 0.6 is 11.6 Å². The molecule has 2 aromatic rings. The molecule has 0 radical (unpaired) electrons. The Bertz CT molecular complexity index is 785. The molecule has 128 valence electrons. The van der Waals surface area contributed by atoms with Gasteiger partial charge in [-0.3, -0.25) is 0 Å². The third-order valence-electron chi connectivity index (χ3n) is 4.90. The molecule has 5 heteroatoms. The Kier molecular flexibility index (Phi) is 4.96. The van der Waals surface area contributed by atoms with Crippen LogP contribution < -0.4 is 5.32 Å². The lowest BCUT2D eigenvalue weighted by Gasteiger charge is -2.37. The van der Waals surface area contributed by atoms with Crippen LogP contribution in [0.2, 0.25) is 5.02 Å². The number of piperidine rings is 1. The number of carbonyl (C=O) groups is 1. The number of nitrogens with one attached hydrogen (secondary N) is 1. The minimum absolute atomic E-state index is 0.171. The normalized spacial score (nSPS) is 16.1. The molecule has 1 aliphatic rings. The Morgan fingerprint density at radius 3 is 2.44 bits per heavy atom. The molecule has 0 aromatic heterocycles. The van der Waals surface area contributed by atoms with Crippen LogP contribution in [0.3, 0.4) is 0 Å². The number of hydrogen-bond acceptors (Lipinski definition) is 2. The highest BCUT2D eigenvalue weighted by Gasteiger charge is 2.37. The second kappa shape index (κ2) is 7.16. The van der Waals surface area contributed by atoms with Gasteiger partial charge in [-0.1, -0.05) is 54.1 Å². The summed E-state index contributed by atoms with van der Waals surface area (Å²) in [4.78, 5) is 14.3. The van der Waals surface area contributed by atoms with Crippen molar-refractivity contribution in [1.82, 2.24) is 4.90 Å². The molecule has 4 nitrogen and oxygen atoms in total. The Morgan fingerprint density at radius 1 is 1.16 bits per heavy atom. The summed E-state index contributed by atoms with van der Waals surface area (Å²) in [7, 11) is 0. The fourth-order valence-corrected chi connectivity index (χ4v) is 3.56. The number of hydrogen-bond donors (Lipinski definition) is 1. The number of urea groups is 1. The summed E-state index contributed by atoms with van der Waals surface area (Å²) in [6.07, 6.45) is 1.25. The van der Waals surface area contributed by atoms with Crippen molar-refractivity contribution in [2.45, 2.75) is 25.2 Å². The summed E-state index contributed by atoms with van der Waals surface area (Å²) in [6.45, 7) is 2.99. The molecule has 0 bridgehead atoms.